The number of fused-ring (bicyclic) bond motifs is 1. The minimum absolute atomic E-state index is 0.108. The van der Waals surface area contributed by atoms with Crippen LogP contribution in [0.4, 0.5) is 4.39 Å². The Bertz CT molecular complexity index is 454. The van der Waals surface area contributed by atoms with Crippen LogP contribution in [0, 0.1) is 5.82 Å². The zero-order chi connectivity index (χ0) is 11.5. The van der Waals surface area contributed by atoms with E-state index in [-0.39, 0.29) is 11.7 Å². The Morgan fingerprint density at radius 1 is 1.50 bits per heavy atom. The number of aryl methyl sites for hydroxylation is 1. The fourth-order valence-electron chi connectivity index (χ4n) is 1.76. The summed E-state index contributed by atoms with van der Waals surface area (Å²) in [4.78, 5) is 11.1. The first-order valence-electron chi connectivity index (χ1n) is 5.35. The molecule has 0 bridgehead atoms. The van der Waals surface area contributed by atoms with Gasteiger partial charge in [0.1, 0.15) is 5.82 Å². The van der Waals surface area contributed by atoms with Crippen LogP contribution >= 0.6 is 0 Å². The van der Waals surface area contributed by atoms with Crippen molar-refractivity contribution >= 4 is 11.6 Å². The lowest BCUT2D eigenvalue weighted by molar-refractivity contribution is -0.120. The molecular weight excluding hydrogens is 207 g/mol. The number of amides is 1. The first-order valence-corrected chi connectivity index (χ1v) is 5.35. The van der Waals surface area contributed by atoms with Gasteiger partial charge in [-0.25, -0.2) is 9.82 Å². The molecule has 1 aromatic carbocycles. The summed E-state index contributed by atoms with van der Waals surface area (Å²) in [5.41, 5.74) is 5.22. The summed E-state index contributed by atoms with van der Waals surface area (Å²) in [7, 11) is 0. The Morgan fingerprint density at radius 2 is 2.31 bits per heavy atom. The summed E-state index contributed by atoms with van der Waals surface area (Å²) < 4.78 is 12.9. The van der Waals surface area contributed by atoms with Crippen molar-refractivity contribution in [3.8, 4) is 0 Å². The van der Waals surface area contributed by atoms with Crippen molar-refractivity contribution in [3.05, 3.63) is 35.1 Å². The third-order valence-electron chi connectivity index (χ3n) is 2.65. The summed E-state index contributed by atoms with van der Waals surface area (Å²) in [6.45, 7) is 1.77. The molecule has 0 aliphatic heterocycles. The van der Waals surface area contributed by atoms with E-state index in [2.05, 4.69) is 10.5 Å². The van der Waals surface area contributed by atoms with Crippen LogP contribution < -0.4 is 5.43 Å². The van der Waals surface area contributed by atoms with Gasteiger partial charge in [-0.2, -0.15) is 5.10 Å². The summed E-state index contributed by atoms with van der Waals surface area (Å²) in [5.74, 6) is -0.333. The molecule has 0 saturated carbocycles. The molecule has 1 aliphatic carbocycles. The SMILES string of the molecule is CCC(=O)N/N=C1\CCc2cc(F)ccc21. The van der Waals surface area contributed by atoms with Crippen LogP contribution in [0.15, 0.2) is 23.3 Å². The largest absolute Gasteiger partial charge is 0.273 e. The molecule has 2 rings (SSSR count). The van der Waals surface area contributed by atoms with Crippen LogP contribution in [0.25, 0.3) is 0 Å². The van der Waals surface area contributed by atoms with Gasteiger partial charge in [-0.1, -0.05) is 6.92 Å². The zero-order valence-corrected chi connectivity index (χ0v) is 9.09. The molecule has 84 valence electrons. The summed E-state index contributed by atoms with van der Waals surface area (Å²) in [6, 6.07) is 4.66. The highest BCUT2D eigenvalue weighted by atomic mass is 19.1. The van der Waals surface area contributed by atoms with Gasteiger partial charge in [0, 0.05) is 12.0 Å². The Labute approximate surface area is 93.4 Å². The highest BCUT2D eigenvalue weighted by Crippen LogP contribution is 2.23. The molecule has 0 unspecified atom stereocenters. The second kappa shape index (κ2) is 4.43. The average Bonchev–Trinajstić information content (AvgIpc) is 2.68. The molecular formula is C12H13FN2O. The minimum Gasteiger partial charge on any atom is -0.273 e. The molecule has 1 N–H and O–H groups in total. The van der Waals surface area contributed by atoms with E-state index in [1.54, 1.807) is 13.0 Å². The first kappa shape index (κ1) is 10.8. The monoisotopic (exact) mass is 220 g/mol. The number of halogens is 1. The third-order valence-corrected chi connectivity index (χ3v) is 2.65. The molecule has 1 aliphatic rings. The number of nitrogens with one attached hydrogen (secondary N) is 1. The van der Waals surface area contributed by atoms with Crippen molar-refractivity contribution in [2.45, 2.75) is 26.2 Å². The van der Waals surface area contributed by atoms with Gasteiger partial charge in [0.05, 0.1) is 5.71 Å². The van der Waals surface area contributed by atoms with Gasteiger partial charge in [0.25, 0.3) is 0 Å². The fourth-order valence-corrected chi connectivity index (χ4v) is 1.76. The Hall–Kier alpha value is -1.71. The minimum atomic E-state index is -0.224. The standard InChI is InChI=1S/C12H13FN2O/c1-2-12(16)15-14-11-6-3-8-7-9(13)4-5-10(8)11/h4-5,7H,2-3,6H2,1H3,(H,15,16)/b14-11+. The van der Waals surface area contributed by atoms with E-state index in [1.165, 1.54) is 12.1 Å². The van der Waals surface area contributed by atoms with Gasteiger partial charge in [-0.15, -0.1) is 0 Å². The molecule has 1 aromatic rings. The zero-order valence-electron chi connectivity index (χ0n) is 9.09. The van der Waals surface area contributed by atoms with E-state index in [0.29, 0.717) is 6.42 Å². The predicted octanol–water partition coefficient (Wildman–Crippen LogP) is 2.00. The first-order chi connectivity index (χ1) is 7.70. The van der Waals surface area contributed by atoms with Crippen LogP contribution in [-0.4, -0.2) is 11.6 Å². The molecule has 0 radical (unpaired) electrons. The topological polar surface area (TPSA) is 41.5 Å². The summed E-state index contributed by atoms with van der Waals surface area (Å²) >= 11 is 0. The molecule has 0 fully saturated rings. The van der Waals surface area contributed by atoms with Crippen molar-refractivity contribution in [3.63, 3.8) is 0 Å². The average molecular weight is 220 g/mol. The van der Waals surface area contributed by atoms with Gasteiger partial charge in [-0.3, -0.25) is 4.79 Å². The van der Waals surface area contributed by atoms with Gasteiger partial charge in [0.15, 0.2) is 0 Å². The van der Waals surface area contributed by atoms with Gasteiger partial charge in [0.2, 0.25) is 5.91 Å². The lowest BCUT2D eigenvalue weighted by Crippen LogP contribution is -2.17. The number of rotatable bonds is 2. The maximum atomic E-state index is 12.9. The molecule has 4 heteroatoms. The summed E-state index contributed by atoms with van der Waals surface area (Å²) in [6.07, 6.45) is 1.95. The lowest BCUT2D eigenvalue weighted by Gasteiger charge is -2.01. The molecule has 0 saturated heterocycles. The number of nitrogens with zero attached hydrogens (tertiary/aromatic N) is 1. The Morgan fingerprint density at radius 3 is 3.06 bits per heavy atom. The molecule has 0 aromatic heterocycles. The van der Waals surface area contributed by atoms with E-state index in [4.69, 9.17) is 0 Å². The van der Waals surface area contributed by atoms with Crippen LogP contribution in [0.5, 0.6) is 0 Å². The molecule has 16 heavy (non-hydrogen) atoms. The van der Waals surface area contributed by atoms with E-state index >= 15 is 0 Å². The Balaban J connectivity index is 2.20. The number of hydrogen-bond donors (Lipinski definition) is 1. The van der Waals surface area contributed by atoms with Gasteiger partial charge in [-0.05, 0) is 36.6 Å². The fraction of sp³-hybridized carbons (Fsp3) is 0.333. The highest BCUT2D eigenvalue weighted by molar-refractivity contribution is 6.04. The van der Waals surface area contributed by atoms with Crippen molar-refractivity contribution in [2.75, 3.05) is 0 Å². The number of hydrogen-bond acceptors (Lipinski definition) is 2. The van der Waals surface area contributed by atoms with Crippen molar-refractivity contribution in [1.82, 2.24) is 5.43 Å². The lowest BCUT2D eigenvalue weighted by atomic mass is 10.1. The molecule has 0 atom stereocenters. The number of carbonyl (C=O) groups is 1. The molecule has 1 amide bonds. The summed E-state index contributed by atoms with van der Waals surface area (Å²) in [5, 5.41) is 4.06. The van der Waals surface area contributed by atoms with Crippen LogP contribution in [0.1, 0.15) is 30.9 Å². The second-order valence-corrected chi connectivity index (χ2v) is 3.75. The maximum absolute atomic E-state index is 12.9. The number of carbonyl (C=O) groups excluding carboxylic acids is 1. The van der Waals surface area contributed by atoms with Crippen LogP contribution in [0.2, 0.25) is 0 Å². The van der Waals surface area contributed by atoms with Crippen LogP contribution in [-0.2, 0) is 11.2 Å². The van der Waals surface area contributed by atoms with E-state index in [9.17, 15) is 9.18 Å². The molecule has 0 heterocycles. The van der Waals surface area contributed by atoms with E-state index < -0.39 is 0 Å². The van der Waals surface area contributed by atoms with Crippen LogP contribution in [0.3, 0.4) is 0 Å². The number of benzene rings is 1. The second-order valence-electron chi connectivity index (χ2n) is 3.75. The quantitative estimate of drug-likeness (QED) is 0.761. The smallest absolute Gasteiger partial charge is 0.239 e. The van der Waals surface area contributed by atoms with Gasteiger partial charge >= 0.3 is 0 Å². The van der Waals surface area contributed by atoms with Gasteiger partial charge < -0.3 is 0 Å². The third kappa shape index (κ3) is 2.10. The molecule has 3 nitrogen and oxygen atoms in total. The van der Waals surface area contributed by atoms with E-state index in [0.717, 1.165) is 29.7 Å². The normalized spacial score (nSPS) is 16.2. The highest BCUT2D eigenvalue weighted by Gasteiger charge is 2.18. The predicted molar refractivity (Wildman–Crippen MR) is 59.7 cm³/mol. The van der Waals surface area contributed by atoms with E-state index in [1.807, 2.05) is 0 Å². The maximum Gasteiger partial charge on any atom is 0.239 e. The van der Waals surface area contributed by atoms with Crippen molar-refractivity contribution in [1.29, 1.82) is 0 Å². The molecule has 0 spiro atoms. The Kier molecular flexibility index (Phi) is 2.99. The number of hydrazone groups is 1. The van der Waals surface area contributed by atoms with Crippen molar-refractivity contribution in [2.24, 2.45) is 5.10 Å². The van der Waals surface area contributed by atoms with Crippen molar-refractivity contribution < 1.29 is 9.18 Å².